The third-order valence-corrected chi connectivity index (χ3v) is 10.5. The Morgan fingerprint density at radius 2 is 0.983 bits per heavy atom. The quantitative estimate of drug-likeness (QED) is 0.0213. The van der Waals surface area contributed by atoms with Gasteiger partial charge in [-0.3, -0.25) is 18.6 Å². The van der Waals surface area contributed by atoms with Crippen LogP contribution in [0.5, 0.6) is 0 Å². The SMILES string of the molecule is CC/C=C\C/C=C\C/C=C\CCCCCCCC(=O)OC[C@H](COP(=O)(O)OCC[N+](C)(C)C)OC(=O)CCCCCCCCCCC/C=C\C/C=C\CCCCC. The summed E-state index contributed by atoms with van der Waals surface area (Å²) < 4.78 is 34.3. The van der Waals surface area contributed by atoms with Gasteiger partial charge in [0.15, 0.2) is 6.10 Å². The summed E-state index contributed by atoms with van der Waals surface area (Å²) in [4.78, 5) is 35.4. The monoisotopic (exact) mass is 837 g/mol. The number of carbonyl (C=O) groups excluding carboxylic acids is 2. The maximum atomic E-state index is 12.7. The highest BCUT2D eigenvalue weighted by Crippen LogP contribution is 2.43. The largest absolute Gasteiger partial charge is 0.472 e. The summed E-state index contributed by atoms with van der Waals surface area (Å²) in [7, 11) is 1.46. The van der Waals surface area contributed by atoms with Crippen LogP contribution >= 0.6 is 7.82 Å². The number of allylic oxidation sites excluding steroid dienone is 10. The molecule has 0 aromatic carbocycles. The van der Waals surface area contributed by atoms with Crippen LogP contribution in [0.15, 0.2) is 60.8 Å². The summed E-state index contributed by atoms with van der Waals surface area (Å²) in [5, 5.41) is 0. The number of hydrogen-bond donors (Lipinski definition) is 1. The van der Waals surface area contributed by atoms with Gasteiger partial charge in [0.25, 0.3) is 0 Å². The van der Waals surface area contributed by atoms with Crippen molar-refractivity contribution in [3.63, 3.8) is 0 Å². The Bertz CT molecular complexity index is 1170. The van der Waals surface area contributed by atoms with Crippen LogP contribution in [0, 0.1) is 0 Å². The van der Waals surface area contributed by atoms with E-state index in [1.165, 1.54) is 57.8 Å². The Kier molecular flexibility index (Phi) is 38.5. The van der Waals surface area contributed by atoms with Crippen LogP contribution in [0.25, 0.3) is 0 Å². The minimum atomic E-state index is -4.38. The highest BCUT2D eigenvalue weighted by atomic mass is 31.2. The summed E-state index contributed by atoms with van der Waals surface area (Å²) >= 11 is 0. The van der Waals surface area contributed by atoms with Gasteiger partial charge in [-0.25, -0.2) is 4.57 Å². The number of esters is 2. The van der Waals surface area contributed by atoms with Gasteiger partial charge in [0.1, 0.15) is 19.8 Å². The molecular formula is C48H87NO8P+. The van der Waals surface area contributed by atoms with Gasteiger partial charge in [-0.15, -0.1) is 0 Å². The zero-order chi connectivity index (χ0) is 42.8. The van der Waals surface area contributed by atoms with Crippen LogP contribution in [-0.2, 0) is 32.7 Å². The predicted octanol–water partition coefficient (Wildman–Crippen LogP) is 13.2. The van der Waals surface area contributed by atoms with Crippen LogP contribution in [0.2, 0.25) is 0 Å². The second-order valence-electron chi connectivity index (χ2n) is 16.4. The van der Waals surface area contributed by atoms with Crippen molar-refractivity contribution in [2.75, 3.05) is 47.5 Å². The molecule has 10 heteroatoms. The molecule has 2 atom stereocenters. The maximum absolute atomic E-state index is 12.7. The van der Waals surface area contributed by atoms with E-state index in [4.69, 9.17) is 18.5 Å². The molecule has 9 nitrogen and oxygen atoms in total. The summed E-state index contributed by atoms with van der Waals surface area (Å²) in [6.07, 6.45) is 48.3. The number of hydrogen-bond acceptors (Lipinski definition) is 7. The van der Waals surface area contributed by atoms with Crippen molar-refractivity contribution in [3.8, 4) is 0 Å². The van der Waals surface area contributed by atoms with Gasteiger partial charge in [0.2, 0.25) is 0 Å². The molecule has 0 heterocycles. The number of likely N-dealkylation sites (N-methyl/N-ethyl adjacent to an activating group) is 1. The van der Waals surface area contributed by atoms with Crippen LogP contribution in [0.3, 0.4) is 0 Å². The van der Waals surface area contributed by atoms with Crippen molar-refractivity contribution < 1.29 is 42.1 Å². The standard InChI is InChI=1S/C48H86NO8P/c1-6-8-10-12-14-16-18-20-22-23-24-25-27-29-31-33-35-37-39-41-48(51)57-46(45-56-58(52,53)55-43-42-49(3,4)5)44-54-47(50)40-38-36-34-32-30-28-26-21-19-17-15-13-11-9-7-2/h9,11,14-17,20-22,26,46H,6-8,10,12-13,18-19,23-25,27-45H2,1-5H3/p+1/b11-9-,16-14-,17-15-,22-20-,26-21-/t46-/m1/s1. The molecule has 336 valence electrons. The lowest BCUT2D eigenvalue weighted by atomic mass is 10.1. The summed E-state index contributed by atoms with van der Waals surface area (Å²) in [6, 6.07) is 0. The Balaban J connectivity index is 4.35. The van der Waals surface area contributed by atoms with E-state index < -0.39 is 26.5 Å². The molecule has 0 aliphatic carbocycles. The van der Waals surface area contributed by atoms with Gasteiger partial charge in [0.05, 0.1) is 27.7 Å². The average molecular weight is 837 g/mol. The van der Waals surface area contributed by atoms with Crippen molar-refractivity contribution in [1.29, 1.82) is 0 Å². The lowest BCUT2D eigenvalue weighted by Gasteiger charge is -2.24. The molecule has 0 fully saturated rings. The van der Waals surface area contributed by atoms with E-state index >= 15 is 0 Å². The predicted molar refractivity (Wildman–Crippen MR) is 243 cm³/mol. The summed E-state index contributed by atoms with van der Waals surface area (Å²) in [5.74, 6) is -0.825. The molecular weight excluding hydrogens is 750 g/mol. The van der Waals surface area contributed by atoms with E-state index in [1.807, 2.05) is 21.1 Å². The fraction of sp³-hybridized carbons (Fsp3) is 0.750. The first-order valence-corrected chi connectivity index (χ1v) is 24.5. The zero-order valence-electron chi connectivity index (χ0n) is 37.8. The van der Waals surface area contributed by atoms with Crippen molar-refractivity contribution in [1.82, 2.24) is 0 Å². The van der Waals surface area contributed by atoms with E-state index in [1.54, 1.807) is 0 Å². The molecule has 0 aromatic rings. The van der Waals surface area contributed by atoms with Crippen LogP contribution in [0.4, 0.5) is 0 Å². The number of rotatable bonds is 41. The first-order valence-electron chi connectivity index (χ1n) is 23.0. The molecule has 0 aliphatic heterocycles. The number of quaternary nitrogens is 1. The minimum absolute atomic E-state index is 0.0254. The molecule has 0 saturated carbocycles. The first kappa shape index (κ1) is 55.7. The molecule has 0 spiro atoms. The Labute approximate surface area is 356 Å². The molecule has 0 amide bonds. The lowest BCUT2D eigenvalue weighted by Crippen LogP contribution is -2.37. The molecule has 1 N–H and O–H groups in total. The summed E-state index contributed by atoms with van der Waals surface area (Å²) in [5.41, 5.74) is 0. The number of phosphoric acid groups is 1. The zero-order valence-corrected chi connectivity index (χ0v) is 38.7. The van der Waals surface area contributed by atoms with Crippen LogP contribution in [0.1, 0.15) is 181 Å². The lowest BCUT2D eigenvalue weighted by molar-refractivity contribution is -0.870. The minimum Gasteiger partial charge on any atom is -0.462 e. The molecule has 0 aromatic heterocycles. The highest BCUT2D eigenvalue weighted by molar-refractivity contribution is 7.47. The van der Waals surface area contributed by atoms with Gasteiger partial charge in [-0.2, -0.15) is 0 Å². The van der Waals surface area contributed by atoms with Gasteiger partial charge in [-0.1, -0.05) is 152 Å². The van der Waals surface area contributed by atoms with Gasteiger partial charge in [0, 0.05) is 12.8 Å². The first-order chi connectivity index (χ1) is 28.0. The number of nitrogens with zero attached hydrogens (tertiary/aromatic N) is 1. The van der Waals surface area contributed by atoms with E-state index in [0.717, 1.165) is 83.5 Å². The second kappa shape index (κ2) is 40.1. The molecule has 0 bridgehead atoms. The van der Waals surface area contributed by atoms with E-state index in [2.05, 4.69) is 74.6 Å². The average Bonchev–Trinajstić information content (AvgIpc) is 3.17. The molecule has 0 saturated heterocycles. The van der Waals surface area contributed by atoms with Gasteiger partial charge >= 0.3 is 19.8 Å². The highest BCUT2D eigenvalue weighted by Gasteiger charge is 2.27. The Hall–Kier alpha value is -2.29. The maximum Gasteiger partial charge on any atom is 0.472 e. The number of ether oxygens (including phenoxy) is 2. The number of phosphoric ester groups is 1. The fourth-order valence-corrected chi connectivity index (χ4v) is 6.68. The second-order valence-corrected chi connectivity index (χ2v) is 17.9. The van der Waals surface area contributed by atoms with Crippen LogP contribution in [-0.4, -0.2) is 74.9 Å². The smallest absolute Gasteiger partial charge is 0.462 e. The van der Waals surface area contributed by atoms with Crippen molar-refractivity contribution in [2.45, 2.75) is 187 Å². The van der Waals surface area contributed by atoms with Crippen molar-refractivity contribution in [2.24, 2.45) is 0 Å². The van der Waals surface area contributed by atoms with Gasteiger partial charge in [-0.05, 0) is 77.0 Å². The van der Waals surface area contributed by atoms with Gasteiger partial charge < -0.3 is 18.9 Å². The third kappa shape index (κ3) is 43.3. The van der Waals surface area contributed by atoms with Crippen molar-refractivity contribution in [3.05, 3.63) is 60.8 Å². The fourth-order valence-electron chi connectivity index (χ4n) is 5.94. The van der Waals surface area contributed by atoms with E-state index in [0.29, 0.717) is 23.9 Å². The van der Waals surface area contributed by atoms with Crippen molar-refractivity contribution >= 4 is 19.8 Å². The van der Waals surface area contributed by atoms with Crippen LogP contribution < -0.4 is 0 Å². The normalized spacial score (nSPS) is 14.1. The molecule has 58 heavy (non-hydrogen) atoms. The number of carbonyl (C=O) groups is 2. The Morgan fingerprint density at radius 3 is 1.47 bits per heavy atom. The van der Waals surface area contributed by atoms with E-state index in [-0.39, 0.29) is 32.0 Å². The molecule has 0 radical (unpaired) electrons. The molecule has 0 rings (SSSR count). The molecule has 1 unspecified atom stereocenters. The Morgan fingerprint density at radius 1 is 0.552 bits per heavy atom. The molecule has 0 aliphatic rings. The van der Waals surface area contributed by atoms with E-state index in [9.17, 15) is 19.0 Å². The third-order valence-electron chi connectivity index (χ3n) is 9.53. The topological polar surface area (TPSA) is 108 Å². The summed E-state index contributed by atoms with van der Waals surface area (Å²) in [6.45, 7) is 4.26. The number of unbranched alkanes of at least 4 members (excludes halogenated alkanes) is 17.